The number of carbonyl (C=O) groups excluding carboxylic acids is 2. The van der Waals surface area contributed by atoms with Crippen LogP contribution in [0.5, 0.6) is 0 Å². The van der Waals surface area contributed by atoms with Gasteiger partial charge in [0.2, 0.25) is 0 Å². The van der Waals surface area contributed by atoms with Crippen LogP contribution in [0.2, 0.25) is 0 Å². The monoisotopic (exact) mass is 217 g/mol. The van der Waals surface area contributed by atoms with E-state index in [1.54, 1.807) is 24.5 Å². The molecule has 0 aliphatic heterocycles. The Hall–Kier alpha value is -1.51. The molecule has 0 aromatic carbocycles. The summed E-state index contributed by atoms with van der Waals surface area (Å²) in [6.45, 7) is 0. The summed E-state index contributed by atoms with van der Waals surface area (Å²) < 4.78 is 0. The van der Waals surface area contributed by atoms with Crippen LogP contribution in [-0.2, 0) is 4.79 Å². The lowest BCUT2D eigenvalue weighted by Gasteiger charge is -2.11. The molecule has 0 bridgehead atoms. The fraction of sp³-hybridized carbons (Fsp3) is 0.462. The molecule has 2 rings (SSSR count). The number of Topliss-reactive ketones (excluding diaryl/α,β-unsaturated/α-hetero) is 2. The number of aromatic nitrogens is 1. The first-order chi connectivity index (χ1) is 7.79. The molecule has 0 amide bonds. The number of carbonyl (C=O) groups is 2. The molecule has 1 aromatic rings. The highest BCUT2D eigenvalue weighted by Gasteiger charge is 2.28. The van der Waals surface area contributed by atoms with Gasteiger partial charge in [-0.15, -0.1) is 0 Å². The number of hydrogen-bond acceptors (Lipinski definition) is 3. The molecule has 0 spiro atoms. The van der Waals surface area contributed by atoms with Gasteiger partial charge in [0.25, 0.3) is 0 Å². The van der Waals surface area contributed by atoms with Crippen molar-refractivity contribution in [3.8, 4) is 0 Å². The summed E-state index contributed by atoms with van der Waals surface area (Å²) in [6, 6.07) is 3.36. The maximum Gasteiger partial charge on any atom is 0.173 e. The highest BCUT2D eigenvalue weighted by Crippen LogP contribution is 2.23. The molecule has 16 heavy (non-hydrogen) atoms. The smallest absolute Gasteiger partial charge is 0.173 e. The highest BCUT2D eigenvalue weighted by atomic mass is 16.1. The minimum Gasteiger partial charge on any atom is -0.299 e. The molecular formula is C13H15NO2. The van der Waals surface area contributed by atoms with Crippen molar-refractivity contribution in [3.63, 3.8) is 0 Å². The van der Waals surface area contributed by atoms with Crippen LogP contribution in [0, 0.1) is 5.92 Å². The molecule has 1 aliphatic carbocycles. The van der Waals surface area contributed by atoms with Crippen molar-refractivity contribution >= 4 is 11.6 Å². The lowest BCUT2D eigenvalue weighted by Crippen LogP contribution is -2.23. The molecule has 84 valence electrons. The van der Waals surface area contributed by atoms with Crippen molar-refractivity contribution in [2.45, 2.75) is 32.1 Å². The third-order valence-corrected chi connectivity index (χ3v) is 3.09. The van der Waals surface area contributed by atoms with Gasteiger partial charge in [0.15, 0.2) is 5.78 Å². The second kappa shape index (κ2) is 5.01. The SMILES string of the molecule is O=C1CCCCCC1C(=O)c1ccncc1. The van der Waals surface area contributed by atoms with E-state index >= 15 is 0 Å². The Morgan fingerprint density at radius 2 is 1.94 bits per heavy atom. The summed E-state index contributed by atoms with van der Waals surface area (Å²) in [5, 5.41) is 0. The summed E-state index contributed by atoms with van der Waals surface area (Å²) in [5.74, 6) is -0.335. The van der Waals surface area contributed by atoms with Gasteiger partial charge in [-0.1, -0.05) is 12.8 Å². The van der Waals surface area contributed by atoms with E-state index in [0.29, 0.717) is 18.4 Å². The van der Waals surface area contributed by atoms with Crippen molar-refractivity contribution in [1.29, 1.82) is 0 Å². The zero-order valence-electron chi connectivity index (χ0n) is 9.19. The van der Waals surface area contributed by atoms with Gasteiger partial charge in [0, 0.05) is 24.4 Å². The molecular weight excluding hydrogens is 202 g/mol. The Morgan fingerprint density at radius 3 is 2.69 bits per heavy atom. The quantitative estimate of drug-likeness (QED) is 0.434. The van der Waals surface area contributed by atoms with Gasteiger partial charge in [0.1, 0.15) is 5.78 Å². The Bertz CT molecular complexity index is 386. The fourth-order valence-corrected chi connectivity index (χ4v) is 2.15. The van der Waals surface area contributed by atoms with Gasteiger partial charge in [-0.2, -0.15) is 0 Å². The van der Waals surface area contributed by atoms with E-state index < -0.39 is 5.92 Å². The highest BCUT2D eigenvalue weighted by molar-refractivity contribution is 6.10. The predicted octanol–water partition coefficient (Wildman–Crippen LogP) is 2.41. The van der Waals surface area contributed by atoms with E-state index in [1.165, 1.54) is 0 Å². The standard InChI is InChI=1S/C13H15NO2/c15-12-5-3-1-2-4-11(12)13(16)10-6-8-14-9-7-10/h6-9,11H,1-5H2. The van der Waals surface area contributed by atoms with Gasteiger partial charge in [-0.05, 0) is 25.0 Å². The number of nitrogens with zero attached hydrogens (tertiary/aromatic N) is 1. The number of pyridine rings is 1. The van der Waals surface area contributed by atoms with Gasteiger partial charge >= 0.3 is 0 Å². The van der Waals surface area contributed by atoms with Crippen LogP contribution in [0.3, 0.4) is 0 Å². The topological polar surface area (TPSA) is 47.0 Å². The van der Waals surface area contributed by atoms with Crippen LogP contribution in [-0.4, -0.2) is 16.6 Å². The van der Waals surface area contributed by atoms with E-state index in [4.69, 9.17) is 0 Å². The molecule has 3 nitrogen and oxygen atoms in total. The van der Waals surface area contributed by atoms with E-state index in [-0.39, 0.29) is 11.6 Å². The molecule has 0 radical (unpaired) electrons. The van der Waals surface area contributed by atoms with E-state index in [1.807, 2.05) is 0 Å². The zero-order chi connectivity index (χ0) is 11.4. The van der Waals surface area contributed by atoms with Gasteiger partial charge in [0.05, 0.1) is 5.92 Å². The van der Waals surface area contributed by atoms with Gasteiger partial charge in [-0.3, -0.25) is 14.6 Å². The lowest BCUT2D eigenvalue weighted by molar-refractivity contribution is -0.121. The molecule has 1 fully saturated rings. The van der Waals surface area contributed by atoms with Gasteiger partial charge in [-0.25, -0.2) is 0 Å². The van der Waals surface area contributed by atoms with Crippen molar-refractivity contribution in [1.82, 2.24) is 4.98 Å². The first kappa shape index (κ1) is 11.0. The van der Waals surface area contributed by atoms with E-state index in [0.717, 1.165) is 19.3 Å². The molecule has 1 unspecified atom stereocenters. The number of hydrogen-bond donors (Lipinski definition) is 0. The number of ketones is 2. The van der Waals surface area contributed by atoms with Crippen LogP contribution >= 0.6 is 0 Å². The minimum absolute atomic E-state index is 0.0331. The first-order valence-corrected chi connectivity index (χ1v) is 5.76. The second-order valence-electron chi connectivity index (χ2n) is 4.22. The van der Waals surface area contributed by atoms with Crippen LogP contribution in [0.1, 0.15) is 42.5 Å². The van der Waals surface area contributed by atoms with Crippen molar-refractivity contribution in [2.24, 2.45) is 5.92 Å². The molecule has 1 aromatic heterocycles. The minimum atomic E-state index is -0.412. The van der Waals surface area contributed by atoms with Crippen molar-refractivity contribution in [2.75, 3.05) is 0 Å². The average molecular weight is 217 g/mol. The molecule has 0 saturated heterocycles. The summed E-state index contributed by atoms with van der Waals surface area (Å²) in [7, 11) is 0. The van der Waals surface area contributed by atoms with Crippen LogP contribution in [0.15, 0.2) is 24.5 Å². The fourth-order valence-electron chi connectivity index (χ4n) is 2.15. The van der Waals surface area contributed by atoms with Crippen LogP contribution in [0.25, 0.3) is 0 Å². The lowest BCUT2D eigenvalue weighted by atomic mass is 9.90. The van der Waals surface area contributed by atoms with E-state index in [2.05, 4.69) is 4.98 Å². The van der Waals surface area contributed by atoms with Gasteiger partial charge < -0.3 is 0 Å². The Morgan fingerprint density at radius 1 is 1.19 bits per heavy atom. The van der Waals surface area contributed by atoms with E-state index in [9.17, 15) is 9.59 Å². The van der Waals surface area contributed by atoms with Crippen LogP contribution in [0.4, 0.5) is 0 Å². The molecule has 1 saturated carbocycles. The Balaban J connectivity index is 2.17. The van der Waals surface area contributed by atoms with Crippen LogP contribution < -0.4 is 0 Å². The maximum absolute atomic E-state index is 12.1. The number of rotatable bonds is 2. The first-order valence-electron chi connectivity index (χ1n) is 5.76. The van der Waals surface area contributed by atoms with Crippen molar-refractivity contribution < 1.29 is 9.59 Å². The predicted molar refractivity (Wildman–Crippen MR) is 60.1 cm³/mol. The summed E-state index contributed by atoms with van der Waals surface area (Å²) in [5.41, 5.74) is 0.607. The second-order valence-corrected chi connectivity index (χ2v) is 4.22. The largest absolute Gasteiger partial charge is 0.299 e. The maximum atomic E-state index is 12.1. The third-order valence-electron chi connectivity index (χ3n) is 3.09. The normalized spacial score (nSPS) is 21.5. The molecule has 3 heteroatoms. The summed E-state index contributed by atoms with van der Waals surface area (Å²) >= 11 is 0. The average Bonchev–Trinajstić information content (AvgIpc) is 2.54. The molecule has 1 aliphatic rings. The molecule has 0 N–H and O–H groups in total. The molecule has 1 atom stereocenters. The van der Waals surface area contributed by atoms with Crippen molar-refractivity contribution in [3.05, 3.63) is 30.1 Å². The Kier molecular flexibility index (Phi) is 3.44. The molecule has 1 heterocycles. The Labute approximate surface area is 94.9 Å². The summed E-state index contributed by atoms with van der Waals surface area (Å²) in [4.78, 5) is 27.8. The summed E-state index contributed by atoms with van der Waals surface area (Å²) in [6.07, 6.45) is 7.42. The third kappa shape index (κ3) is 2.35. The zero-order valence-corrected chi connectivity index (χ0v) is 9.19.